The molecule has 11 heteroatoms. The molecule has 11 nitrogen and oxygen atoms in total. The monoisotopic (exact) mass is 479 g/mol. The molecule has 1 saturated heterocycles. The molecule has 5 rings (SSSR count). The fourth-order valence-electron chi connectivity index (χ4n) is 4.56. The average molecular weight is 480 g/mol. The van der Waals surface area contributed by atoms with E-state index >= 15 is 0 Å². The number of amides is 1. The summed E-state index contributed by atoms with van der Waals surface area (Å²) in [5.74, 6) is 0.947. The van der Waals surface area contributed by atoms with E-state index in [1.807, 2.05) is 12.1 Å². The maximum atomic E-state index is 13.0. The Morgan fingerprint density at radius 3 is 2.71 bits per heavy atom. The fraction of sp³-hybridized carbons (Fsp3) is 0.500. The number of methoxy groups -OCH3 is 1. The van der Waals surface area contributed by atoms with Crippen molar-refractivity contribution >= 4 is 34.6 Å². The number of ether oxygens (including phenoxy) is 1. The molecule has 3 heterocycles. The summed E-state index contributed by atoms with van der Waals surface area (Å²) in [5.41, 5.74) is 3.10. The molecule has 0 spiro atoms. The normalized spacial score (nSPS) is 21.0. The highest BCUT2D eigenvalue weighted by molar-refractivity contribution is 5.92. The molecule has 0 radical (unpaired) electrons. The largest absolute Gasteiger partial charge is 0.379 e. The van der Waals surface area contributed by atoms with E-state index in [9.17, 15) is 4.79 Å². The van der Waals surface area contributed by atoms with Gasteiger partial charge in [0.15, 0.2) is 17.0 Å². The van der Waals surface area contributed by atoms with Crippen LogP contribution >= 0.6 is 0 Å². The topological polar surface area (TPSA) is 112 Å². The third-order valence-corrected chi connectivity index (χ3v) is 6.86. The van der Waals surface area contributed by atoms with Crippen molar-refractivity contribution in [2.45, 2.75) is 31.5 Å². The molecular weight excluding hydrogens is 446 g/mol. The van der Waals surface area contributed by atoms with Crippen LogP contribution in [0.15, 0.2) is 30.6 Å². The summed E-state index contributed by atoms with van der Waals surface area (Å²) in [4.78, 5) is 31.4. The summed E-state index contributed by atoms with van der Waals surface area (Å²) in [6.45, 7) is 5.22. The number of hydrogen-bond donors (Lipinski definition) is 3. The van der Waals surface area contributed by atoms with Crippen molar-refractivity contribution in [2.75, 3.05) is 58.0 Å². The number of nitrogens with one attached hydrogen (secondary N) is 3. The molecule has 2 fully saturated rings. The zero-order valence-corrected chi connectivity index (χ0v) is 20.5. The summed E-state index contributed by atoms with van der Waals surface area (Å²) < 4.78 is 6.83. The number of hydrogen-bond acceptors (Lipinski definition) is 9. The van der Waals surface area contributed by atoms with Crippen LogP contribution in [0.1, 0.15) is 18.4 Å². The van der Waals surface area contributed by atoms with Gasteiger partial charge < -0.3 is 25.6 Å². The van der Waals surface area contributed by atoms with Gasteiger partial charge in [0.25, 0.3) is 0 Å². The summed E-state index contributed by atoms with van der Waals surface area (Å²) in [6.07, 6.45) is 3.37. The predicted molar refractivity (Wildman–Crippen MR) is 135 cm³/mol. The number of anilines is 3. The maximum Gasteiger partial charge on any atom is 0.328 e. The molecular formula is C24H33N9O2. The SMILES string of the molecule is CNc1nc(Nc2cccc(CN3CCN(C)CC3)c2)nc2c1ncn2C(=O)N[C@@H]1CC[C@H]1OC. The van der Waals surface area contributed by atoms with Crippen molar-refractivity contribution in [3.8, 4) is 0 Å². The van der Waals surface area contributed by atoms with E-state index in [2.05, 4.69) is 59.9 Å². The lowest BCUT2D eigenvalue weighted by molar-refractivity contribution is 0.0110. The van der Waals surface area contributed by atoms with E-state index in [0.29, 0.717) is 22.9 Å². The molecule has 1 aliphatic carbocycles. The molecule has 186 valence electrons. The second kappa shape index (κ2) is 10.1. The molecule has 2 aliphatic rings. The molecule has 3 N–H and O–H groups in total. The number of fused-ring (bicyclic) bond motifs is 1. The molecule has 0 bridgehead atoms. The number of piperazine rings is 1. The lowest BCUT2D eigenvalue weighted by Gasteiger charge is -2.35. The van der Waals surface area contributed by atoms with Crippen LogP contribution in [0.3, 0.4) is 0 Å². The minimum absolute atomic E-state index is 0.00352. The van der Waals surface area contributed by atoms with Crippen LogP contribution in [0.2, 0.25) is 0 Å². The minimum atomic E-state index is -0.278. The zero-order chi connectivity index (χ0) is 24.4. The Bertz CT molecular complexity index is 1190. The van der Waals surface area contributed by atoms with E-state index in [1.54, 1.807) is 14.2 Å². The van der Waals surface area contributed by atoms with Crippen LogP contribution in [-0.4, -0.2) is 94.9 Å². The first kappa shape index (κ1) is 23.5. The number of likely N-dealkylation sites (N-methyl/N-ethyl adjacent to an activating group) is 1. The summed E-state index contributed by atoms with van der Waals surface area (Å²) in [6, 6.07) is 8.01. The summed E-state index contributed by atoms with van der Waals surface area (Å²) >= 11 is 0. The van der Waals surface area contributed by atoms with Crippen molar-refractivity contribution in [3.63, 3.8) is 0 Å². The van der Waals surface area contributed by atoms with E-state index < -0.39 is 0 Å². The number of carbonyl (C=O) groups excluding carboxylic acids is 1. The Balaban J connectivity index is 1.35. The molecule has 3 aromatic rings. The van der Waals surface area contributed by atoms with Crippen LogP contribution in [0.4, 0.5) is 22.2 Å². The summed E-state index contributed by atoms with van der Waals surface area (Å²) in [7, 11) is 5.61. The Morgan fingerprint density at radius 1 is 1.17 bits per heavy atom. The van der Waals surface area contributed by atoms with E-state index in [1.165, 1.54) is 16.5 Å². The molecule has 0 unspecified atom stereocenters. The van der Waals surface area contributed by atoms with Crippen molar-refractivity contribution in [2.24, 2.45) is 0 Å². The van der Waals surface area contributed by atoms with Crippen LogP contribution in [0.25, 0.3) is 11.2 Å². The van der Waals surface area contributed by atoms with Gasteiger partial charge in [0.2, 0.25) is 5.95 Å². The molecule has 2 aromatic heterocycles. The Kier molecular flexibility index (Phi) is 6.80. The van der Waals surface area contributed by atoms with Gasteiger partial charge in [-0.15, -0.1) is 0 Å². The highest BCUT2D eigenvalue weighted by Gasteiger charge is 2.32. The van der Waals surface area contributed by atoms with Gasteiger partial charge in [0.1, 0.15) is 6.33 Å². The first-order valence-corrected chi connectivity index (χ1v) is 12.1. The number of carbonyl (C=O) groups is 1. The quantitative estimate of drug-likeness (QED) is 0.469. The molecule has 1 saturated carbocycles. The van der Waals surface area contributed by atoms with Crippen molar-refractivity contribution < 1.29 is 9.53 Å². The van der Waals surface area contributed by atoms with E-state index in [-0.39, 0.29) is 18.2 Å². The van der Waals surface area contributed by atoms with Crippen LogP contribution in [0.5, 0.6) is 0 Å². The second-order valence-corrected chi connectivity index (χ2v) is 9.24. The van der Waals surface area contributed by atoms with Gasteiger partial charge in [-0.05, 0) is 37.6 Å². The highest BCUT2D eigenvalue weighted by Crippen LogP contribution is 2.25. The van der Waals surface area contributed by atoms with Crippen LogP contribution in [0, 0.1) is 0 Å². The lowest BCUT2D eigenvalue weighted by Crippen LogP contribution is -2.52. The Hall–Kier alpha value is -3.28. The second-order valence-electron chi connectivity index (χ2n) is 9.24. The number of imidazole rings is 1. The Labute approximate surface area is 204 Å². The highest BCUT2D eigenvalue weighted by atomic mass is 16.5. The first-order chi connectivity index (χ1) is 17.0. The maximum absolute atomic E-state index is 13.0. The standard InChI is InChI=1S/C24H33N9O2/c1-25-21-20-22(33(15-26-20)24(34)28-18-7-8-19(18)35-3)30-23(29-21)27-17-6-4-5-16(13-17)14-32-11-9-31(2)10-12-32/h4-6,13,15,18-19H,7-12,14H2,1-3H3,(H,28,34)(H2,25,27,29,30)/t18-,19-/m1/s1. The van der Waals surface area contributed by atoms with E-state index in [0.717, 1.165) is 51.3 Å². The minimum Gasteiger partial charge on any atom is -0.379 e. The van der Waals surface area contributed by atoms with Gasteiger partial charge in [-0.2, -0.15) is 9.97 Å². The molecule has 35 heavy (non-hydrogen) atoms. The van der Waals surface area contributed by atoms with Gasteiger partial charge in [-0.25, -0.2) is 14.3 Å². The molecule has 1 amide bonds. The van der Waals surface area contributed by atoms with Crippen molar-refractivity contribution in [3.05, 3.63) is 36.2 Å². The third kappa shape index (κ3) is 5.07. The van der Waals surface area contributed by atoms with Gasteiger partial charge in [0.05, 0.1) is 12.1 Å². The van der Waals surface area contributed by atoms with Crippen molar-refractivity contribution in [1.82, 2.24) is 34.6 Å². The fourth-order valence-corrected chi connectivity index (χ4v) is 4.56. The first-order valence-electron chi connectivity index (χ1n) is 12.1. The third-order valence-electron chi connectivity index (χ3n) is 6.86. The number of nitrogens with zero attached hydrogens (tertiary/aromatic N) is 6. The van der Waals surface area contributed by atoms with Gasteiger partial charge >= 0.3 is 6.03 Å². The van der Waals surface area contributed by atoms with Gasteiger partial charge in [0, 0.05) is 52.6 Å². The zero-order valence-electron chi connectivity index (χ0n) is 20.5. The van der Waals surface area contributed by atoms with Crippen LogP contribution < -0.4 is 16.0 Å². The van der Waals surface area contributed by atoms with E-state index in [4.69, 9.17) is 4.74 Å². The number of benzene rings is 1. The lowest BCUT2D eigenvalue weighted by atomic mass is 9.89. The smallest absolute Gasteiger partial charge is 0.328 e. The van der Waals surface area contributed by atoms with Crippen LogP contribution in [-0.2, 0) is 11.3 Å². The molecule has 2 atom stereocenters. The van der Waals surface area contributed by atoms with Crippen molar-refractivity contribution in [1.29, 1.82) is 0 Å². The van der Waals surface area contributed by atoms with Gasteiger partial charge in [-0.1, -0.05) is 12.1 Å². The summed E-state index contributed by atoms with van der Waals surface area (Å²) in [5, 5.41) is 9.39. The Morgan fingerprint density at radius 2 is 2.00 bits per heavy atom. The number of rotatable bonds is 7. The van der Waals surface area contributed by atoms with Gasteiger partial charge in [-0.3, -0.25) is 4.90 Å². The predicted octanol–water partition coefficient (Wildman–Crippen LogP) is 2.09. The molecule has 1 aliphatic heterocycles. The number of aromatic nitrogens is 4. The molecule has 1 aromatic carbocycles. The average Bonchev–Trinajstić information content (AvgIpc) is 3.27.